The summed E-state index contributed by atoms with van der Waals surface area (Å²) in [6.07, 6.45) is 0.986. The average molecular weight is 177 g/mol. The zero-order valence-corrected chi connectivity index (χ0v) is 7.90. The Hall–Kier alpha value is -0.940. The SMILES string of the molecule is Cc1cccc(CCSC#N)c1. The van der Waals surface area contributed by atoms with Crippen molar-refractivity contribution in [3.8, 4) is 5.40 Å². The van der Waals surface area contributed by atoms with Crippen LogP contribution in [0.3, 0.4) is 0 Å². The van der Waals surface area contributed by atoms with Gasteiger partial charge in [0.2, 0.25) is 0 Å². The summed E-state index contributed by atoms with van der Waals surface area (Å²) < 4.78 is 0. The molecule has 0 saturated heterocycles. The number of rotatable bonds is 3. The van der Waals surface area contributed by atoms with Crippen LogP contribution in [0.4, 0.5) is 0 Å². The first kappa shape index (κ1) is 9.15. The number of hydrogen-bond donors (Lipinski definition) is 0. The standard InChI is InChI=1S/C10H11NS/c1-9-3-2-4-10(7-9)5-6-12-8-11/h2-4,7H,5-6H2,1H3. The van der Waals surface area contributed by atoms with E-state index in [4.69, 9.17) is 5.26 Å². The highest BCUT2D eigenvalue weighted by Gasteiger charge is 1.92. The Bertz CT molecular complexity index is 288. The topological polar surface area (TPSA) is 23.8 Å². The van der Waals surface area contributed by atoms with Crippen LogP contribution in [0.25, 0.3) is 0 Å². The second-order valence-corrected chi connectivity index (χ2v) is 3.56. The first-order chi connectivity index (χ1) is 5.83. The zero-order chi connectivity index (χ0) is 8.81. The molecule has 62 valence electrons. The highest BCUT2D eigenvalue weighted by Crippen LogP contribution is 2.07. The summed E-state index contributed by atoms with van der Waals surface area (Å²) in [7, 11) is 0. The van der Waals surface area contributed by atoms with Crippen LogP contribution >= 0.6 is 11.8 Å². The lowest BCUT2D eigenvalue weighted by Gasteiger charge is -1.98. The molecule has 0 atom stereocenters. The molecule has 0 spiro atoms. The molecule has 0 saturated carbocycles. The van der Waals surface area contributed by atoms with Gasteiger partial charge in [0.05, 0.1) is 0 Å². The molecule has 0 heterocycles. The van der Waals surface area contributed by atoms with Crippen LogP contribution in [0.5, 0.6) is 0 Å². The molecular formula is C10H11NS. The lowest BCUT2D eigenvalue weighted by molar-refractivity contribution is 1.15. The summed E-state index contributed by atoms with van der Waals surface area (Å²) in [5.74, 6) is 0.889. The van der Waals surface area contributed by atoms with Gasteiger partial charge in [-0.05, 0) is 30.7 Å². The molecule has 0 unspecified atom stereocenters. The maximum atomic E-state index is 8.31. The largest absolute Gasteiger partial charge is 0.185 e. The molecule has 1 aromatic carbocycles. The third-order valence-electron chi connectivity index (χ3n) is 1.64. The molecule has 0 aliphatic carbocycles. The summed E-state index contributed by atoms with van der Waals surface area (Å²) in [6, 6.07) is 8.41. The molecular weight excluding hydrogens is 166 g/mol. The van der Waals surface area contributed by atoms with Crippen molar-refractivity contribution in [3.63, 3.8) is 0 Å². The predicted octanol–water partition coefficient (Wildman–Crippen LogP) is 2.75. The van der Waals surface area contributed by atoms with E-state index in [9.17, 15) is 0 Å². The van der Waals surface area contributed by atoms with Gasteiger partial charge in [-0.1, -0.05) is 29.8 Å². The number of thiocyanates is 1. The molecule has 1 rings (SSSR count). The van der Waals surface area contributed by atoms with Gasteiger partial charge in [0.25, 0.3) is 0 Å². The van der Waals surface area contributed by atoms with E-state index in [1.165, 1.54) is 22.9 Å². The second-order valence-electron chi connectivity index (χ2n) is 2.68. The Morgan fingerprint density at radius 1 is 1.50 bits per heavy atom. The van der Waals surface area contributed by atoms with E-state index in [1.54, 1.807) is 0 Å². The summed E-state index contributed by atoms with van der Waals surface area (Å²) in [5, 5.41) is 10.4. The van der Waals surface area contributed by atoms with E-state index in [0.717, 1.165) is 12.2 Å². The maximum Gasteiger partial charge on any atom is 0.133 e. The lowest BCUT2D eigenvalue weighted by atomic mass is 10.1. The fourth-order valence-corrected chi connectivity index (χ4v) is 1.51. The molecule has 2 heteroatoms. The lowest BCUT2D eigenvalue weighted by Crippen LogP contribution is -1.87. The van der Waals surface area contributed by atoms with E-state index < -0.39 is 0 Å². The summed E-state index contributed by atoms with van der Waals surface area (Å²) in [4.78, 5) is 0. The van der Waals surface area contributed by atoms with Crippen LogP contribution in [-0.2, 0) is 6.42 Å². The molecule has 0 aliphatic heterocycles. The van der Waals surface area contributed by atoms with Crippen molar-refractivity contribution in [2.24, 2.45) is 0 Å². The molecule has 0 amide bonds. The Morgan fingerprint density at radius 2 is 2.33 bits per heavy atom. The van der Waals surface area contributed by atoms with E-state index >= 15 is 0 Å². The van der Waals surface area contributed by atoms with Crippen molar-refractivity contribution in [3.05, 3.63) is 35.4 Å². The third-order valence-corrected chi connectivity index (χ3v) is 2.18. The number of nitriles is 1. The summed E-state index contributed by atoms with van der Waals surface area (Å²) in [5.41, 5.74) is 2.60. The first-order valence-corrected chi connectivity index (χ1v) is 4.88. The van der Waals surface area contributed by atoms with E-state index in [2.05, 4.69) is 36.6 Å². The Labute approximate surface area is 77.4 Å². The minimum atomic E-state index is 0.889. The third kappa shape index (κ3) is 2.98. The van der Waals surface area contributed by atoms with Gasteiger partial charge in [-0.15, -0.1) is 0 Å². The van der Waals surface area contributed by atoms with Crippen LogP contribution in [0.2, 0.25) is 0 Å². The predicted molar refractivity (Wildman–Crippen MR) is 53.0 cm³/mol. The van der Waals surface area contributed by atoms with Gasteiger partial charge in [0.1, 0.15) is 5.40 Å². The van der Waals surface area contributed by atoms with Crippen molar-refractivity contribution in [2.45, 2.75) is 13.3 Å². The highest BCUT2D eigenvalue weighted by molar-refractivity contribution is 8.03. The van der Waals surface area contributed by atoms with Crippen LogP contribution in [0.1, 0.15) is 11.1 Å². The molecule has 0 N–H and O–H groups in total. The monoisotopic (exact) mass is 177 g/mol. The van der Waals surface area contributed by atoms with Crippen LogP contribution in [0, 0.1) is 17.6 Å². The van der Waals surface area contributed by atoms with Gasteiger partial charge in [0, 0.05) is 5.75 Å². The molecule has 0 bridgehead atoms. The highest BCUT2D eigenvalue weighted by atomic mass is 32.2. The molecule has 0 fully saturated rings. The van der Waals surface area contributed by atoms with Crippen molar-refractivity contribution < 1.29 is 0 Å². The first-order valence-electron chi connectivity index (χ1n) is 3.89. The average Bonchev–Trinajstić information content (AvgIpc) is 2.05. The number of benzene rings is 1. The number of aryl methyl sites for hydroxylation is 2. The minimum Gasteiger partial charge on any atom is -0.185 e. The van der Waals surface area contributed by atoms with Gasteiger partial charge in [-0.25, -0.2) is 0 Å². The van der Waals surface area contributed by atoms with Gasteiger partial charge < -0.3 is 0 Å². The molecule has 0 aliphatic rings. The Morgan fingerprint density at radius 3 is 3.00 bits per heavy atom. The molecule has 1 aromatic rings. The zero-order valence-electron chi connectivity index (χ0n) is 7.08. The van der Waals surface area contributed by atoms with E-state index in [-0.39, 0.29) is 0 Å². The number of thioether (sulfide) groups is 1. The van der Waals surface area contributed by atoms with Gasteiger partial charge in [0.15, 0.2) is 0 Å². The van der Waals surface area contributed by atoms with Gasteiger partial charge in [-0.3, -0.25) is 0 Å². The van der Waals surface area contributed by atoms with Gasteiger partial charge in [-0.2, -0.15) is 5.26 Å². The van der Waals surface area contributed by atoms with Crippen molar-refractivity contribution >= 4 is 11.8 Å². The van der Waals surface area contributed by atoms with Crippen molar-refractivity contribution in [2.75, 3.05) is 5.75 Å². The molecule has 12 heavy (non-hydrogen) atoms. The minimum absolute atomic E-state index is 0.889. The second kappa shape index (κ2) is 4.84. The van der Waals surface area contributed by atoms with Crippen molar-refractivity contribution in [1.82, 2.24) is 0 Å². The van der Waals surface area contributed by atoms with E-state index in [1.807, 2.05) is 0 Å². The van der Waals surface area contributed by atoms with Crippen molar-refractivity contribution in [1.29, 1.82) is 5.26 Å². The van der Waals surface area contributed by atoms with Crippen LogP contribution in [-0.4, -0.2) is 5.75 Å². The van der Waals surface area contributed by atoms with E-state index in [0.29, 0.717) is 0 Å². The number of hydrogen-bond acceptors (Lipinski definition) is 2. The molecule has 0 radical (unpaired) electrons. The quantitative estimate of drug-likeness (QED) is 0.523. The van der Waals surface area contributed by atoms with Crippen LogP contribution in [0.15, 0.2) is 24.3 Å². The van der Waals surface area contributed by atoms with Gasteiger partial charge >= 0.3 is 0 Å². The fourth-order valence-electron chi connectivity index (χ4n) is 1.08. The maximum absolute atomic E-state index is 8.31. The van der Waals surface area contributed by atoms with Crippen LogP contribution < -0.4 is 0 Å². The molecule has 0 aromatic heterocycles. The smallest absolute Gasteiger partial charge is 0.133 e. The molecule has 1 nitrogen and oxygen atoms in total. The Balaban J connectivity index is 2.48. The normalized spacial score (nSPS) is 9.33. The summed E-state index contributed by atoms with van der Waals surface area (Å²) >= 11 is 1.31. The number of nitrogens with zero attached hydrogens (tertiary/aromatic N) is 1. The fraction of sp³-hybridized carbons (Fsp3) is 0.300. The Kier molecular flexibility index (Phi) is 3.69. The summed E-state index contributed by atoms with van der Waals surface area (Å²) in [6.45, 7) is 2.08.